The van der Waals surface area contributed by atoms with Crippen LogP contribution in [0.1, 0.15) is 16.2 Å². The number of carbonyl (C=O) groups is 1. The third-order valence-corrected chi connectivity index (χ3v) is 4.37. The summed E-state index contributed by atoms with van der Waals surface area (Å²) < 4.78 is 44.5. The van der Waals surface area contributed by atoms with Crippen molar-refractivity contribution in [2.75, 3.05) is 38.2 Å². The Balaban J connectivity index is 1.67. The summed E-state index contributed by atoms with van der Waals surface area (Å²) in [5.74, 6) is 0.260. The van der Waals surface area contributed by atoms with Gasteiger partial charge in [0.2, 0.25) is 0 Å². The number of ether oxygens (including phenoxy) is 1. The molecular formula is C17H19F3N4O2. The van der Waals surface area contributed by atoms with Gasteiger partial charge >= 0.3 is 6.18 Å². The van der Waals surface area contributed by atoms with Gasteiger partial charge < -0.3 is 14.5 Å². The molecule has 3 rings (SSSR count). The van der Waals surface area contributed by atoms with E-state index in [0.717, 1.165) is 17.5 Å². The molecular weight excluding hydrogens is 349 g/mol. The van der Waals surface area contributed by atoms with Gasteiger partial charge in [-0.05, 0) is 12.1 Å². The fourth-order valence-electron chi connectivity index (χ4n) is 2.97. The number of amides is 1. The Kier molecular flexibility index (Phi) is 4.80. The molecule has 0 radical (unpaired) electrons. The van der Waals surface area contributed by atoms with E-state index in [9.17, 15) is 18.0 Å². The molecule has 2 aromatic rings. The van der Waals surface area contributed by atoms with Gasteiger partial charge in [-0.25, -0.2) is 0 Å². The highest BCUT2D eigenvalue weighted by molar-refractivity contribution is 5.92. The van der Waals surface area contributed by atoms with Crippen LogP contribution < -0.4 is 9.64 Å². The van der Waals surface area contributed by atoms with Crippen LogP contribution in [0.15, 0.2) is 30.3 Å². The van der Waals surface area contributed by atoms with Crippen molar-refractivity contribution in [1.29, 1.82) is 0 Å². The van der Waals surface area contributed by atoms with Crippen molar-refractivity contribution in [2.24, 2.45) is 7.05 Å². The zero-order chi connectivity index (χ0) is 18.9. The normalized spacial score (nSPS) is 15.3. The van der Waals surface area contributed by atoms with Crippen LogP contribution in [-0.2, 0) is 13.2 Å². The molecule has 1 aliphatic heterocycles. The highest BCUT2D eigenvalue weighted by Crippen LogP contribution is 2.29. The lowest BCUT2D eigenvalue weighted by atomic mass is 10.2. The fourth-order valence-corrected chi connectivity index (χ4v) is 2.97. The Morgan fingerprint density at radius 3 is 2.42 bits per heavy atom. The summed E-state index contributed by atoms with van der Waals surface area (Å²) in [6.07, 6.45) is -4.54. The standard InChI is InChI=1S/C17H19F3N4O2/c1-22-15(17(18,19)20)11-14(21-22)16(25)24-8-6-23(7-9-24)12-4-3-5-13(10-12)26-2/h3-5,10-11H,6-9H2,1-2H3. The van der Waals surface area contributed by atoms with E-state index in [2.05, 4.69) is 10.00 Å². The van der Waals surface area contributed by atoms with Gasteiger partial charge in [-0.2, -0.15) is 18.3 Å². The Morgan fingerprint density at radius 2 is 1.85 bits per heavy atom. The molecule has 0 aliphatic carbocycles. The Bertz CT molecular complexity index is 796. The van der Waals surface area contributed by atoms with Gasteiger partial charge in [-0.1, -0.05) is 6.07 Å². The summed E-state index contributed by atoms with van der Waals surface area (Å²) in [5, 5.41) is 3.73. The predicted molar refractivity (Wildman–Crippen MR) is 89.3 cm³/mol. The minimum absolute atomic E-state index is 0.186. The number of hydrogen-bond acceptors (Lipinski definition) is 4. The van der Waals surface area contributed by atoms with Crippen LogP contribution in [0, 0.1) is 0 Å². The van der Waals surface area contributed by atoms with Gasteiger partial charge in [0.25, 0.3) is 5.91 Å². The zero-order valence-electron chi connectivity index (χ0n) is 14.5. The maximum absolute atomic E-state index is 12.9. The number of rotatable bonds is 3. The summed E-state index contributed by atoms with van der Waals surface area (Å²) in [5.41, 5.74) is -0.140. The van der Waals surface area contributed by atoms with E-state index >= 15 is 0 Å². The number of nitrogens with zero attached hydrogens (tertiary/aromatic N) is 4. The van der Waals surface area contributed by atoms with Crippen molar-refractivity contribution >= 4 is 11.6 Å². The first-order valence-electron chi connectivity index (χ1n) is 8.09. The third kappa shape index (κ3) is 3.61. The van der Waals surface area contributed by atoms with Crippen molar-refractivity contribution < 1.29 is 22.7 Å². The van der Waals surface area contributed by atoms with E-state index in [1.807, 2.05) is 24.3 Å². The number of aromatic nitrogens is 2. The second kappa shape index (κ2) is 6.89. The molecule has 1 fully saturated rings. The number of alkyl halides is 3. The first-order chi connectivity index (χ1) is 12.3. The lowest BCUT2D eigenvalue weighted by molar-refractivity contribution is -0.143. The van der Waals surface area contributed by atoms with Gasteiger partial charge in [0, 0.05) is 51.0 Å². The largest absolute Gasteiger partial charge is 0.497 e. The highest BCUT2D eigenvalue weighted by atomic mass is 19.4. The molecule has 0 N–H and O–H groups in total. The number of benzene rings is 1. The minimum atomic E-state index is -4.54. The lowest BCUT2D eigenvalue weighted by Gasteiger charge is -2.35. The topological polar surface area (TPSA) is 50.6 Å². The molecule has 0 unspecified atom stereocenters. The molecule has 0 saturated carbocycles. The Hall–Kier alpha value is -2.71. The van der Waals surface area contributed by atoms with Crippen LogP contribution >= 0.6 is 0 Å². The van der Waals surface area contributed by atoms with E-state index < -0.39 is 17.8 Å². The fraction of sp³-hybridized carbons (Fsp3) is 0.412. The summed E-state index contributed by atoms with van der Waals surface area (Å²) in [6.45, 7) is 1.98. The molecule has 6 nitrogen and oxygen atoms in total. The van der Waals surface area contributed by atoms with Crippen molar-refractivity contribution in [3.63, 3.8) is 0 Å². The molecule has 26 heavy (non-hydrogen) atoms. The van der Waals surface area contributed by atoms with Gasteiger partial charge in [-0.15, -0.1) is 0 Å². The summed E-state index contributed by atoms with van der Waals surface area (Å²) in [6, 6.07) is 8.40. The maximum Gasteiger partial charge on any atom is 0.433 e. The van der Waals surface area contributed by atoms with Crippen molar-refractivity contribution in [1.82, 2.24) is 14.7 Å². The third-order valence-electron chi connectivity index (χ3n) is 4.37. The molecule has 140 valence electrons. The second-order valence-corrected chi connectivity index (χ2v) is 6.02. The van der Waals surface area contributed by atoms with Crippen molar-refractivity contribution in [3.8, 4) is 5.75 Å². The van der Waals surface area contributed by atoms with E-state index in [1.165, 1.54) is 11.9 Å². The van der Waals surface area contributed by atoms with Gasteiger partial charge in [-0.3, -0.25) is 9.48 Å². The average molecular weight is 368 g/mol. The Morgan fingerprint density at radius 1 is 1.15 bits per heavy atom. The number of methoxy groups -OCH3 is 1. The Labute approximate surface area is 148 Å². The maximum atomic E-state index is 12.9. The van der Waals surface area contributed by atoms with Crippen LogP contribution in [0.3, 0.4) is 0 Å². The number of aryl methyl sites for hydroxylation is 1. The molecule has 1 aromatic carbocycles. The molecule has 1 saturated heterocycles. The summed E-state index contributed by atoms with van der Waals surface area (Å²) >= 11 is 0. The predicted octanol–water partition coefficient (Wildman–Crippen LogP) is 2.41. The van der Waals surface area contributed by atoms with Gasteiger partial charge in [0.05, 0.1) is 7.11 Å². The SMILES string of the molecule is COc1cccc(N2CCN(C(=O)c3cc(C(F)(F)F)n(C)n3)CC2)c1. The summed E-state index contributed by atoms with van der Waals surface area (Å²) in [4.78, 5) is 16.1. The molecule has 1 aliphatic rings. The van der Waals surface area contributed by atoms with Crippen LogP contribution in [0.2, 0.25) is 0 Å². The van der Waals surface area contributed by atoms with Crippen LogP contribution in [0.4, 0.5) is 18.9 Å². The van der Waals surface area contributed by atoms with E-state index in [4.69, 9.17) is 4.74 Å². The highest BCUT2D eigenvalue weighted by Gasteiger charge is 2.36. The van der Waals surface area contributed by atoms with Gasteiger partial charge in [0.1, 0.15) is 11.4 Å². The van der Waals surface area contributed by atoms with Crippen molar-refractivity contribution in [3.05, 3.63) is 41.7 Å². The van der Waals surface area contributed by atoms with Crippen molar-refractivity contribution in [2.45, 2.75) is 6.18 Å². The number of halogens is 3. The molecule has 1 amide bonds. The molecule has 0 spiro atoms. The van der Waals surface area contributed by atoms with Crippen LogP contribution in [-0.4, -0.2) is 53.9 Å². The zero-order valence-corrected chi connectivity index (χ0v) is 14.5. The van der Waals surface area contributed by atoms with E-state index in [1.54, 1.807) is 7.11 Å². The first-order valence-corrected chi connectivity index (χ1v) is 8.09. The quantitative estimate of drug-likeness (QED) is 0.835. The number of anilines is 1. The molecule has 2 heterocycles. The molecule has 9 heteroatoms. The van der Waals surface area contributed by atoms with Gasteiger partial charge in [0.15, 0.2) is 5.69 Å². The number of carbonyl (C=O) groups excluding carboxylic acids is 1. The second-order valence-electron chi connectivity index (χ2n) is 6.02. The smallest absolute Gasteiger partial charge is 0.433 e. The first kappa shape index (κ1) is 18.1. The number of piperazine rings is 1. The minimum Gasteiger partial charge on any atom is -0.497 e. The average Bonchev–Trinajstić information content (AvgIpc) is 3.03. The monoisotopic (exact) mass is 368 g/mol. The summed E-state index contributed by atoms with van der Waals surface area (Å²) in [7, 11) is 2.78. The molecule has 0 bridgehead atoms. The molecule has 0 atom stereocenters. The van der Waals surface area contributed by atoms with Crippen LogP contribution in [0.25, 0.3) is 0 Å². The number of hydrogen-bond donors (Lipinski definition) is 0. The van der Waals surface area contributed by atoms with E-state index in [-0.39, 0.29) is 5.69 Å². The molecule has 1 aromatic heterocycles. The van der Waals surface area contributed by atoms with Crippen LogP contribution in [0.5, 0.6) is 5.75 Å². The van der Waals surface area contributed by atoms with E-state index in [0.29, 0.717) is 30.9 Å². The lowest BCUT2D eigenvalue weighted by Crippen LogP contribution is -2.48.